The van der Waals surface area contributed by atoms with Gasteiger partial charge in [-0.3, -0.25) is 9.78 Å². The maximum Gasteiger partial charge on any atom is 0.312 e. The van der Waals surface area contributed by atoms with E-state index in [4.69, 9.17) is 5.11 Å². The molecule has 0 amide bonds. The third kappa shape index (κ3) is 2.06. The van der Waals surface area contributed by atoms with E-state index in [-0.39, 0.29) is 0 Å². The number of carboxylic acid groups (broad SMARTS) is 1. The van der Waals surface area contributed by atoms with Crippen molar-refractivity contribution in [1.82, 2.24) is 4.98 Å². The molecule has 1 atom stereocenters. The van der Waals surface area contributed by atoms with Crippen LogP contribution < -0.4 is 0 Å². The molecule has 13 heavy (non-hydrogen) atoms. The number of nitrogens with zero attached hydrogens (tertiary/aromatic N) is 1. The van der Waals surface area contributed by atoms with Crippen LogP contribution in [0.2, 0.25) is 0 Å². The molecular weight excluding hydrogens is 234 g/mol. The molecule has 0 saturated carbocycles. The Bertz CT molecular complexity index is 338. The molecule has 0 saturated heterocycles. The number of carbonyl (C=O) groups is 1. The fourth-order valence-corrected chi connectivity index (χ4v) is 1.56. The minimum Gasteiger partial charge on any atom is -0.481 e. The van der Waals surface area contributed by atoms with E-state index in [0.717, 1.165) is 10.0 Å². The third-order valence-corrected chi connectivity index (χ3v) is 2.92. The number of halogens is 1. The average Bonchev–Trinajstić information content (AvgIpc) is 2.08. The topological polar surface area (TPSA) is 50.2 Å². The van der Waals surface area contributed by atoms with Gasteiger partial charge in [-0.25, -0.2) is 0 Å². The molecule has 0 aromatic carbocycles. The highest BCUT2D eigenvalue weighted by atomic mass is 79.9. The van der Waals surface area contributed by atoms with Crippen LogP contribution in [0.5, 0.6) is 0 Å². The normalized spacial score (nSPS) is 12.5. The van der Waals surface area contributed by atoms with Gasteiger partial charge in [0.15, 0.2) is 0 Å². The second-order valence-electron chi connectivity index (χ2n) is 2.89. The molecule has 1 aromatic heterocycles. The molecule has 1 rings (SSSR count). The van der Waals surface area contributed by atoms with Crippen molar-refractivity contribution >= 4 is 21.9 Å². The van der Waals surface area contributed by atoms with Crippen molar-refractivity contribution in [2.75, 3.05) is 0 Å². The summed E-state index contributed by atoms with van der Waals surface area (Å²) in [5.74, 6) is -1.44. The van der Waals surface area contributed by atoms with E-state index < -0.39 is 11.9 Å². The van der Waals surface area contributed by atoms with Gasteiger partial charge in [-0.1, -0.05) is 0 Å². The lowest BCUT2D eigenvalue weighted by molar-refractivity contribution is -0.138. The van der Waals surface area contributed by atoms with E-state index in [9.17, 15) is 4.79 Å². The Balaban J connectivity index is 3.15. The molecule has 0 aliphatic carbocycles. The third-order valence-electron chi connectivity index (χ3n) is 1.89. The quantitative estimate of drug-likeness (QED) is 0.868. The Morgan fingerprint density at radius 3 is 2.85 bits per heavy atom. The summed E-state index contributed by atoms with van der Waals surface area (Å²) < 4.78 is 0.782. The molecule has 1 N–H and O–H groups in total. The number of pyridine rings is 1. The number of rotatable bonds is 2. The maximum absolute atomic E-state index is 10.7. The zero-order chi connectivity index (χ0) is 10.0. The smallest absolute Gasteiger partial charge is 0.312 e. The van der Waals surface area contributed by atoms with Crippen molar-refractivity contribution in [3.63, 3.8) is 0 Å². The summed E-state index contributed by atoms with van der Waals surface area (Å²) in [6, 6.07) is 1.84. The number of aromatic nitrogens is 1. The lowest BCUT2D eigenvalue weighted by Crippen LogP contribution is -2.10. The van der Waals surface area contributed by atoms with Gasteiger partial charge >= 0.3 is 5.97 Å². The molecule has 1 heterocycles. The van der Waals surface area contributed by atoms with Gasteiger partial charge in [-0.15, -0.1) is 0 Å². The molecule has 3 nitrogen and oxygen atoms in total. The summed E-state index contributed by atoms with van der Waals surface area (Å²) in [4.78, 5) is 14.7. The summed E-state index contributed by atoms with van der Waals surface area (Å²) in [6.45, 7) is 3.53. The second-order valence-corrected chi connectivity index (χ2v) is 3.68. The van der Waals surface area contributed by atoms with Crippen LogP contribution in [0, 0.1) is 6.92 Å². The Hall–Kier alpha value is -0.900. The van der Waals surface area contributed by atoms with Crippen molar-refractivity contribution in [1.29, 1.82) is 0 Å². The van der Waals surface area contributed by atoms with Crippen molar-refractivity contribution in [3.8, 4) is 0 Å². The summed E-state index contributed by atoms with van der Waals surface area (Å²) in [5, 5.41) is 8.79. The maximum atomic E-state index is 10.7. The number of hydrogen-bond acceptors (Lipinski definition) is 2. The molecule has 0 spiro atoms. The monoisotopic (exact) mass is 243 g/mol. The van der Waals surface area contributed by atoms with Crippen LogP contribution in [-0.2, 0) is 4.79 Å². The lowest BCUT2D eigenvalue weighted by atomic mass is 10.1. The van der Waals surface area contributed by atoms with Gasteiger partial charge in [-0.2, -0.15) is 0 Å². The first-order valence-electron chi connectivity index (χ1n) is 3.88. The minimum atomic E-state index is -0.862. The Labute approximate surface area is 84.9 Å². The first-order chi connectivity index (χ1) is 6.04. The van der Waals surface area contributed by atoms with Gasteiger partial charge in [0.1, 0.15) is 0 Å². The molecule has 70 valence electrons. The summed E-state index contributed by atoms with van der Waals surface area (Å²) >= 11 is 3.32. The second kappa shape index (κ2) is 3.87. The Kier molecular flexibility index (Phi) is 3.03. The summed E-state index contributed by atoms with van der Waals surface area (Å²) in [7, 11) is 0. The molecular formula is C9H10BrNO2. The minimum absolute atomic E-state index is 0.575. The van der Waals surface area contributed by atoms with Crippen LogP contribution in [0.3, 0.4) is 0 Å². The van der Waals surface area contributed by atoms with Gasteiger partial charge in [0.05, 0.1) is 11.6 Å². The molecule has 0 fully saturated rings. The predicted molar refractivity (Wildman–Crippen MR) is 52.7 cm³/mol. The number of aliphatic carboxylic acids is 1. The Morgan fingerprint density at radius 2 is 2.31 bits per heavy atom. The standard InChI is InChI=1S/C9H10BrNO2/c1-5-3-4-11-8(7(5)10)6(2)9(12)13/h3-4,6H,1-2H3,(H,12,13). The van der Waals surface area contributed by atoms with Crippen molar-refractivity contribution in [3.05, 3.63) is 28.0 Å². The highest BCUT2D eigenvalue weighted by molar-refractivity contribution is 9.10. The summed E-state index contributed by atoms with van der Waals surface area (Å²) in [5.41, 5.74) is 1.57. The molecule has 0 aliphatic rings. The molecule has 0 aliphatic heterocycles. The largest absolute Gasteiger partial charge is 0.481 e. The van der Waals surface area contributed by atoms with E-state index in [1.54, 1.807) is 13.1 Å². The number of aryl methyl sites for hydroxylation is 1. The Morgan fingerprint density at radius 1 is 1.69 bits per heavy atom. The van der Waals surface area contributed by atoms with Crippen LogP contribution in [0.1, 0.15) is 24.1 Å². The zero-order valence-corrected chi connectivity index (χ0v) is 9.00. The van der Waals surface area contributed by atoms with Crippen LogP contribution >= 0.6 is 15.9 Å². The fraction of sp³-hybridized carbons (Fsp3) is 0.333. The fourth-order valence-electron chi connectivity index (χ4n) is 0.980. The highest BCUT2D eigenvalue weighted by Gasteiger charge is 2.18. The van der Waals surface area contributed by atoms with Crippen molar-refractivity contribution in [2.45, 2.75) is 19.8 Å². The molecule has 4 heteroatoms. The summed E-state index contributed by atoms with van der Waals surface area (Å²) in [6.07, 6.45) is 1.62. The lowest BCUT2D eigenvalue weighted by Gasteiger charge is -2.09. The van der Waals surface area contributed by atoms with Gasteiger partial charge in [-0.05, 0) is 41.4 Å². The van der Waals surface area contributed by atoms with Crippen molar-refractivity contribution < 1.29 is 9.90 Å². The van der Waals surface area contributed by atoms with Gasteiger partial charge < -0.3 is 5.11 Å². The van der Waals surface area contributed by atoms with Crippen LogP contribution in [0.25, 0.3) is 0 Å². The predicted octanol–water partition coefficient (Wildman–Crippen LogP) is 2.34. The van der Waals surface area contributed by atoms with Crippen LogP contribution in [0.4, 0.5) is 0 Å². The average molecular weight is 244 g/mol. The van der Waals surface area contributed by atoms with E-state index in [0.29, 0.717) is 5.69 Å². The first kappa shape index (κ1) is 10.2. The molecule has 0 bridgehead atoms. The first-order valence-corrected chi connectivity index (χ1v) is 4.67. The van der Waals surface area contributed by atoms with E-state index >= 15 is 0 Å². The van der Waals surface area contributed by atoms with Gasteiger partial charge in [0.25, 0.3) is 0 Å². The SMILES string of the molecule is Cc1ccnc(C(C)C(=O)O)c1Br. The molecule has 1 aromatic rings. The number of carboxylic acids is 1. The van der Waals surface area contributed by atoms with Gasteiger partial charge in [0.2, 0.25) is 0 Å². The van der Waals surface area contributed by atoms with Crippen LogP contribution in [0.15, 0.2) is 16.7 Å². The number of hydrogen-bond donors (Lipinski definition) is 1. The van der Waals surface area contributed by atoms with E-state index in [1.165, 1.54) is 0 Å². The van der Waals surface area contributed by atoms with Gasteiger partial charge in [0, 0.05) is 10.7 Å². The van der Waals surface area contributed by atoms with E-state index in [2.05, 4.69) is 20.9 Å². The zero-order valence-electron chi connectivity index (χ0n) is 7.41. The van der Waals surface area contributed by atoms with Crippen LogP contribution in [-0.4, -0.2) is 16.1 Å². The van der Waals surface area contributed by atoms with E-state index in [1.807, 2.05) is 13.0 Å². The highest BCUT2D eigenvalue weighted by Crippen LogP contribution is 2.25. The van der Waals surface area contributed by atoms with Crippen molar-refractivity contribution in [2.24, 2.45) is 0 Å². The molecule has 0 radical (unpaired) electrons. The molecule has 1 unspecified atom stereocenters.